The zero-order valence-corrected chi connectivity index (χ0v) is 14.4. The summed E-state index contributed by atoms with van der Waals surface area (Å²) in [5, 5.41) is 0. The van der Waals surface area contributed by atoms with Crippen molar-refractivity contribution in [2.24, 2.45) is 0 Å². The molecule has 128 valence electrons. The van der Waals surface area contributed by atoms with Crippen molar-refractivity contribution in [1.82, 2.24) is 9.80 Å². The van der Waals surface area contributed by atoms with Gasteiger partial charge in [-0.05, 0) is 32.2 Å². The van der Waals surface area contributed by atoms with Crippen LogP contribution in [0.25, 0.3) is 0 Å². The molecule has 1 fully saturated rings. The Morgan fingerprint density at radius 1 is 1.13 bits per heavy atom. The van der Waals surface area contributed by atoms with E-state index in [1.807, 2.05) is 6.92 Å². The van der Waals surface area contributed by atoms with Gasteiger partial charge < -0.3 is 19.1 Å². The van der Waals surface area contributed by atoms with Crippen LogP contribution >= 0.6 is 0 Å². The highest BCUT2D eigenvalue weighted by atomic mass is 16.5. The fourth-order valence-corrected chi connectivity index (χ4v) is 2.65. The molecule has 1 aromatic carbocycles. The predicted molar refractivity (Wildman–Crippen MR) is 88.4 cm³/mol. The highest BCUT2D eigenvalue weighted by Gasteiger charge is 2.19. The minimum absolute atomic E-state index is 0.154. The topological polar surface area (TPSA) is 51.2 Å². The lowest BCUT2D eigenvalue weighted by molar-refractivity contribution is 0.0207. The molecule has 1 aliphatic heterocycles. The van der Waals surface area contributed by atoms with E-state index in [0.717, 1.165) is 32.7 Å². The number of piperazine rings is 1. The van der Waals surface area contributed by atoms with Crippen molar-refractivity contribution in [2.75, 3.05) is 54.0 Å². The zero-order valence-electron chi connectivity index (χ0n) is 14.4. The van der Waals surface area contributed by atoms with E-state index in [1.165, 1.54) is 0 Å². The quantitative estimate of drug-likeness (QED) is 0.740. The van der Waals surface area contributed by atoms with Gasteiger partial charge in [-0.15, -0.1) is 0 Å². The SMILES string of the molecule is COc1ccc(C(=O)O[C@H](C)CN2CCN(C)CC2)cc1OC. The standard InChI is InChI=1S/C17H26N2O4/c1-13(12-19-9-7-18(2)8-10-19)23-17(20)14-5-6-15(21-3)16(11-14)22-4/h5-6,11,13H,7-10,12H2,1-4H3/t13-/m1/s1. The lowest BCUT2D eigenvalue weighted by Gasteiger charge is -2.33. The van der Waals surface area contributed by atoms with E-state index in [9.17, 15) is 4.79 Å². The smallest absolute Gasteiger partial charge is 0.338 e. The summed E-state index contributed by atoms with van der Waals surface area (Å²) in [6.07, 6.45) is -0.154. The molecule has 6 nitrogen and oxygen atoms in total. The van der Waals surface area contributed by atoms with Crippen LogP contribution in [0, 0.1) is 0 Å². The van der Waals surface area contributed by atoms with Crippen LogP contribution in [0.15, 0.2) is 18.2 Å². The third kappa shape index (κ3) is 4.84. The van der Waals surface area contributed by atoms with Crippen molar-refractivity contribution in [3.05, 3.63) is 23.8 Å². The Morgan fingerprint density at radius 2 is 1.78 bits per heavy atom. The fourth-order valence-electron chi connectivity index (χ4n) is 2.65. The lowest BCUT2D eigenvalue weighted by atomic mass is 10.2. The summed E-state index contributed by atoms with van der Waals surface area (Å²) in [5.41, 5.74) is 0.466. The molecule has 1 atom stereocenters. The Hall–Kier alpha value is -1.79. The molecular formula is C17H26N2O4. The Labute approximate surface area is 137 Å². The van der Waals surface area contributed by atoms with Crippen LogP contribution in [0.2, 0.25) is 0 Å². The summed E-state index contributed by atoms with van der Waals surface area (Å²) in [7, 11) is 5.23. The van der Waals surface area contributed by atoms with Gasteiger partial charge >= 0.3 is 5.97 Å². The molecule has 0 unspecified atom stereocenters. The lowest BCUT2D eigenvalue weighted by Crippen LogP contribution is -2.47. The van der Waals surface area contributed by atoms with Gasteiger partial charge in [-0.1, -0.05) is 0 Å². The van der Waals surface area contributed by atoms with Crippen molar-refractivity contribution in [3.63, 3.8) is 0 Å². The van der Waals surface area contributed by atoms with E-state index in [0.29, 0.717) is 17.1 Å². The van der Waals surface area contributed by atoms with Crippen LogP contribution < -0.4 is 9.47 Å². The first kappa shape index (κ1) is 17.6. The largest absolute Gasteiger partial charge is 0.493 e. The van der Waals surface area contributed by atoms with Gasteiger partial charge in [0.1, 0.15) is 6.10 Å². The molecule has 0 aromatic heterocycles. The summed E-state index contributed by atoms with van der Waals surface area (Å²) in [4.78, 5) is 16.9. The Morgan fingerprint density at radius 3 is 2.39 bits per heavy atom. The number of methoxy groups -OCH3 is 2. The number of likely N-dealkylation sites (N-methyl/N-ethyl adjacent to an activating group) is 1. The zero-order chi connectivity index (χ0) is 16.8. The summed E-state index contributed by atoms with van der Waals surface area (Å²) < 4.78 is 15.9. The number of rotatable bonds is 6. The van der Waals surface area contributed by atoms with Gasteiger partial charge in [0, 0.05) is 32.7 Å². The van der Waals surface area contributed by atoms with Gasteiger partial charge in [0.15, 0.2) is 11.5 Å². The number of carbonyl (C=O) groups excluding carboxylic acids is 1. The van der Waals surface area contributed by atoms with Gasteiger partial charge in [0.2, 0.25) is 0 Å². The minimum Gasteiger partial charge on any atom is -0.493 e. The van der Waals surface area contributed by atoms with E-state index < -0.39 is 0 Å². The predicted octanol–water partition coefficient (Wildman–Crippen LogP) is 1.50. The molecule has 0 radical (unpaired) electrons. The maximum atomic E-state index is 12.3. The fraction of sp³-hybridized carbons (Fsp3) is 0.588. The second-order valence-electron chi connectivity index (χ2n) is 5.89. The van der Waals surface area contributed by atoms with Crippen LogP contribution in [-0.4, -0.2) is 75.9 Å². The van der Waals surface area contributed by atoms with Crippen LogP contribution in [-0.2, 0) is 4.74 Å². The van der Waals surface area contributed by atoms with Gasteiger partial charge in [-0.3, -0.25) is 4.90 Å². The van der Waals surface area contributed by atoms with Crippen LogP contribution in [0.5, 0.6) is 11.5 Å². The monoisotopic (exact) mass is 322 g/mol. The van der Waals surface area contributed by atoms with Gasteiger partial charge in [-0.2, -0.15) is 0 Å². The normalized spacial score (nSPS) is 17.6. The summed E-state index contributed by atoms with van der Waals surface area (Å²) in [5.74, 6) is 0.774. The van der Waals surface area contributed by atoms with Crippen molar-refractivity contribution in [2.45, 2.75) is 13.0 Å². The van der Waals surface area contributed by atoms with Crippen LogP contribution in [0.3, 0.4) is 0 Å². The Balaban J connectivity index is 1.90. The van der Waals surface area contributed by atoms with Gasteiger partial charge in [-0.25, -0.2) is 4.79 Å². The average molecular weight is 322 g/mol. The molecule has 0 aliphatic carbocycles. The number of ether oxygens (including phenoxy) is 3. The molecule has 1 aromatic rings. The second kappa shape index (κ2) is 8.17. The maximum Gasteiger partial charge on any atom is 0.338 e. The highest BCUT2D eigenvalue weighted by Crippen LogP contribution is 2.27. The number of hydrogen-bond donors (Lipinski definition) is 0. The Kier molecular flexibility index (Phi) is 6.24. The summed E-state index contributed by atoms with van der Waals surface area (Å²) >= 11 is 0. The van der Waals surface area contributed by atoms with Crippen molar-refractivity contribution in [3.8, 4) is 11.5 Å². The molecule has 23 heavy (non-hydrogen) atoms. The summed E-state index contributed by atoms with van der Waals surface area (Å²) in [6.45, 7) is 6.81. The molecular weight excluding hydrogens is 296 g/mol. The molecule has 2 rings (SSSR count). The summed E-state index contributed by atoms with van der Waals surface area (Å²) in [6, 6.07) is 5.04. The molecule has 0 saturated carbocycles. The van der Waals surface area contributed by atoms with E-state index in [-0.39, 0.29) is 12.1 Å². The van der Waals surface area contributed by atoms with Crippen LogP contribution in [0.1, 0.15) is 17.3 Å². The van der Waals surface area contributed by atoms with E-state index in [4.69, 9.17) is 14.2 Å². The van der Waals surface area contributed by atoms with E-state index in [2.05, 4.69) is 16.8 Å². The minimum atomic E-state index is -0.340. The molecule has 0 spiro atoms. The first-order valence-electron chi connectivity index (χ1n) is 7.87. The number of carbonyl (C=O) groups is 1. The number of benzene rings is 1. The first-order chi connectivity index (χ1) is 11.0. The number of nitrogens with zero attached hydrogens (tertiary/aromatic N) is 2. The number of esters is 1. The van der Waals surface area contributed by atoms with Crippen molar-refractivity contribution < 1.29 is 19.0 Å². The maximum absolute atomic E-state index is 12.3. The first-order valence-corrected chi connectivity index (χ1v) is 7.87. The van der Waals surface area contributed by atoms with Gasteiger partial charge in [0.05, 0.1) is 19.8 Å². The third-order valence-electron chi connectivity index (χ3n) is 4.04. The highest BCUT2D eigenvalue weighted by molar-refractivity contribution is 5.90. The van der Waals surface area contributed by atoms with Crippen LogP contribution in [0.4, 0.5) is 0 Å². The molecule has 1 saturated heterocycles. The Bertz CT molecular complexity index is 527. The van der Waals surface area contributed by atoms with E-state index >= 15 is 0 Å². The van der Waals surface area contributed by atoms with Crippen molar-refractivity contribution in [1.29, 1.82) is 0 Å². The molecule has 6 heteroatoms. The molecule has 1 heterocycles. The average Bonchev–Trinajstić information content (AvgIpc) is 2.56. The number of hydrogen-bond acceptors (Lipinski definition) is 6. The second-order valence-corrected chi connectivity index (χ2v) is 5.89. The third-order valence-corrected chi connectivity index (χ3v) is 4.04. The molecule has 0 amide bonds. The van der Waals surface area contributed by atoms with Crippen molar-refractivity contribution >= 4 is 5.97 Å². The van der Waals surface area contributed by atoms with E-state index in [1.54, 1.807) is 32.4 Å². The molecule has 0 N–H and O–H groups in total. The van der Waals surface area contributed by atoms with Gasteiger partial charge in [0.25, 0.3) is 0 Å². The molecule has 1 aliphatic rings. The molecule has 0 bridgehead atoms.